The first-order valence-corrected chi connectivity index (χ1v) is 17.3. The van der Waals surface area contributed by atoms with Crippen LogP contribution in [-0.2, 0) is 14.7 Å². The zero-order chi connectivity index (χ0) is 34.0. The summed E-state index contributed by atoms with van der Waals surface area (Å²) in [4.78, 5) is 2.37. The van der Waals surface area contributed by atoms with Gasteiger partial charge in [-0.2, -0.15) is 0 Å². The molecule has 49 heavy (non-hydrogen) atoms. The SMILES string of the molecule is CC1(C)c2ccccc2-c2ccc(N(c3ccc(-c4ccccc4)cc3)c3ccc(-c4ccc(B5OC(C)(C)C(C)(C)O5)cc4)cc3)cc21. The summed E-state index contributed by atoms with van der Waals surface area (Å²) >= 11 is 0. The normalized spacial score (nSPS) is 16.7. The summed E-state index contributed by atoms with van der Waals surface area (Å²) in [6.45, 7) is 13.0. The molecule has 0 bridgehead atoms. The van der Waals surface area contributed by atoms with Gasteiger partial charge in [-0.1, -0.05) is 123 Å². The predicted molar refractivity (Wildman–Crippen MR) is 205 cm³/mol. The number of fused-ring (bicyclic) bond motifs is 3. The fourth-order valence-corrected chi connectivity index (χ4v) is 7.33. The Labute approximate surface area is 291 Å². The summed E-state index contributed by atoms with van der Waals surface area (Å²) < 4.78 is 12.6. The van der Waals surface area contributed by atoms with Crippen LogP contribution in [0.1, 0.15) is 52.7 Å². The second-order valence-electron chi connectivity index (χ2n) is 14.9. The van der Waals surface area contributed by atoms with Crippen LogP contribution in [0.4, 0.5) is 17.1 Å². The summed E-state index contributed by atoms with van der Waals surface area (Å²) in [6.07, 6.45) is 0. The molecule has 6 aromatic carbocycles. The quantitative estimate of drug-likeness (QED) is 0.169. The molecule has 6 aromatic rings. The van der Waals surface area contributed by atoms with E-state index in [1.165, 1.54) is 33.4 Å². The summed E-state index contributed by atoms with van der Waals surface area (Å²) in [5.41, 5.74) is 13.7. The molecule has 0 aromatic heterocycles. The fraction of sp³-hybridized carbons (Fsp3) is 0.200. The average Bonchev–Trinajstić information content (AvgIpc) is 3.49. The standard InChI is InChI=1S/C45H42BNO2/c1-43(2)41-15-11-10-14-39(41)40-29-28-38(30-42(40)43)47(36-24-18-33(19-25-36)31-12-8-7-9-13-31)37-26-20-34(21-27-37)32-16-22-35(23-17-32)46-48-44(3,4)45(5,6)49-46/h7-30H,1-6H3. The van der Waals surface area contributed by atoms with Gasteiger partial charge in [0, 0.05) is 22.5 Å². The topological polar surface area (TPSA) is 21.7 Å². The molecule has 242 valence electrons. The lowest BCUT2D eigenvalue weighted by atomic mass is 9.78. The van der Waals surface area contributed by atoms with E-state index in [4.69, 9.17) is 9.31 Å². The van der Waals surface area contributed by atoms with Gasteiger partial charge in [-0.15, -0.1) is 0 Å². The van der Waals surface area contributed by atoms with E-state index in [2.05, 4.69) is 192 Å². The summed E-state index contributed by atoms with van der Waals surface area (Å²) in [6, 6.07) is 52.7. The maximum Gasteiger partial charge on any atom is 0.494 e. The van der Waals surface area contributed by atoms with Crippen molar-refractivity contribution in [2.75, 3.05) is 4.90 Å². The van der Waals surface area contributed by atoms with Gasteiger partial charge in [-0.25, -0.2) is 0 Å². The van der Waals surface area contributed by atoms with Crippen molar-refractivity contribution in [2.45, 2.75) is 58.2 Å². The number of rotatable bonds is 6. The van der Waals surface area contributed by atoms with Gasteiger partial charge >= 0.3 is 7.12 Å². The molecule has 1 aliphatic carbocycles. The van der Waals surface area contributed by atoms with Crippen molar-refractivity contribution < 1.29 is 9.31 Å². The van der Waals surface area contributed by atoms with Crippen LogP contribution in [0.5, 0.6) is 0 Å². The molecule has 1 aliphatic heterocycles. The van der Waals surface area contributed by atoms with E-state index in [0.717, 1.165) is 33.7 Å². The van der Waals surface area contributed by atoms with E-state index in [1.807, 2.05) is 0 Å². The molecular formula is C45H42BNO2. The van der Waals surface area contributed by atoms with Crippen LogP contribution in [0.3, 0.4) is 0 Å². The van der Waals surface area contributed by atoms with Gasteiger partial charge in [0.25, 0.3) is 0 Å². The summed E-state index contributed by atoms with van der Waals surface area (Å²) in [7, 11) is -0.367. The second-order valence-corrected chi connectivity index (χ2v) is 14.9. The van der Waals surface area contributed by atoms with E-state index in [0.29, 0.717) is 0 Å². The molecular weight excluding hydrogens is 597 g/mol. The van der Waals surface area contributed by atoms with Crippen LogP contribution < -0.4 is 10.4 Å². The maximum absolute atomic E-state index is 6.29. The average molecular weight is 640 g/mol. The molecule has 0 radical (unpaired) electrons. The lowest BCUT2D eigenvalue weighted by molar-refractivity contribution is 0.00578. The van der Waals surface area contributed by atoms with Crippen LogP contribution in [0, 0.1) is 0 Å². The molecule has 0 amide bonds. The Morgan fingerprint density at radius 3 is 1.45 bits per heavy atom. The van der Waals surface area contributed by atoms with Gasteiger partial charge in [-0.05, 0) is 114 Å². The largest absolute Gasteiger partial charge is 0.494 e. The minimum atomic E-state index is -0.367. The van der Waals surface area contributed by atoms with Gasteiger partial charge in [0.15, 0.2) is 0 Å². The van der Waals surface area contributed by atoms with Crippen molar-refractivity contribution >= 4 is 29.6 Å². The molecule has 0 saturated carbocycles. The third-order valence-corrected chi connectivity index (χ3v) is 11.0. The Hall–Kier alpha value is -4.90. The third-order valence-electron chi connectivity index (χ3n) is 11.0. The summed E-state index contributed by atoms with van der Waals surface area (Å²) in [5, 5.41) is 0. The number of anilines is 3. The Kier molecular flexibility index (Phi) is 7.44. The zero-order valence-corrected chi connectivity index (χ0v) is 29.2. The molecule has 1 fully saturated rings. The zero-order valence-electron chi connectivity index (χ0n) is 29.2. The molecule has 1 heterocycles. The highest BCUT2D eigenvalue weighted by Gasteiger charge is 2.51. The smallest absolute Gasteiger partial charge is 0.399 e. The van der Waals surface area contributed by atoms with Gasteiger partial charge < -0.3 is 14.2 Å². The highest BCUT2D eigenvalue weighted by Crippen LogP contribution is 2.50. The monoisotopic (exact) mass is 639 g/mol. The van der Waals surface area contributed by atoms with Crippen molar-refractivity contribution in [2.24, 2.45) is 0 Å². The Morgan fingerprint density at radius 1 is 0.429 bits per heavy atom. The van der Waals surface area contributed by atoms with Crippen LogP contribution in [0.2, 0.25) is 0 Å². The number of hydrogen-bond donors (Lipinski definition) is 0. The molecule has 0 N–H and O–H groups in total. The lowest BCUT2D eigenvalue weighted by Crippen LogP contribution is -2.41. The van der Waals surface area contributed by atoms with Crippen molar-refractivity contribution in [3.05, 3.63) is 157 Å². The van der Waals surface area contributed by atoms with Crippen LogP contribution >= 0.6 is 0 Å². The number of hydrogen-bond acceptors (Lipinski definition) is 3. The van der Waals surface area contributed by atoms with Crippen molar-refractivity contribution in [3.8, 4) is 33.4 Å². The van der Waals surface area contributed by atoms with E-state index >= 15 is 0 Å². The highest BCUT2D eigenvalue weighted by molar-refractivity contribution is 6.62. The molecule has 4 heteroatoms. The van der Waals surface area contributed by atoms with Crippen molar-refractivity contribution in [1.29, 1.82) is 0 Å². The van der Waals surface area contributed by atoms with E-state index < -0.39 is 0 Å². The van der Waals surface area contributed by atoms with E-state index in [9.17, 15) is 0 Å². The third kappa shape index (κ3) is 5.40. The Balaban J connectivity index is 1.14. The molecule has 3 nitrogen and oxygen atoms in total. The van der Waals surface area contributed by atoms with Gasteiger partial charge in [-0.3, -0.25) is 0 Å². The first kappa shape index (κ1) is 31.4. The Morgan fingerprint density at radius 2 is 0.878 bits per heavy atom. The molecule has 1 saturated heterocycles. The first-order chi connectivity index (χ1) is 23.5. The van der Waals surface area contributed by atoms with Gasteiger partial charge in [0.05, 0.1) is 11.2 Å². The van der Waals surface area contributed by atoms with Crippen molar-refractivity contribution in [3.63, 3.8) is 0 Å². The molecule has 0 atom stereocenters. The van der Waals surface area contributed by atoms with E-state index in [-0.39, 0.29) is 23.7 Å². The molecule has 0 unspecified atom stereocenters. The predicted octanol–water partition coefficient (Wildman–Crippen LogP) is 11.1. The second kappa shape index (κ2) is 11.6. The van der Waals surface area contributed by atoms with Crippen LogP contribution in [0.15, 0.2) is 146 Å². The Bertz CT molecular complexity index is 2120. The highest BCUT2D eigenvalue weighted by atomic mass is 16.7. The molecule has 0 spiro atoms. The van der Waals surface area contributed by atoms with E-state index in [1.54, 1.807) is 0 Å². The minimum Gasteiger partial charge on any atom is -0.399 e. The number of benzene rings is 6. The molecule has 2 aliphatic rings. The maximum atomic E-state index is 6.29. The fourth-order valence-electron chi connectivity index (χ4n) is 7.33. The lowest BCUT2D eigenvalue weighted by Gasteiger charge is -2.32. The van der Waals surface area contributed by atoms with Gasteiger partial charge in [0.1, 0.15) is 0 Å². The first-order valence-electron chi connectivity index (χ1n) is 17.3. The van der Waals surface area contributed by atoms with Gasteiger partial charge in [0.2, 0.25) is 0 Å². The van der Waals surface area contributed by atoms with Crippen LogP contribution in [0.25, 0.3) is 33.4 Å². The van der Waals surface area contributed by atoms with Crippen LogP contribution in [-0.4, -0.2) is 18.3 Å². The molecule has 8 rings (SSSR count). The van der Waals surface area contributed by atoms with Crippen molar-refractivity contribution in [1.82, 2.24) is 0 Å². The summed E-state index contributed by atoms with van der Waals surface area (Å²) in [5.74, 6) is 0. The minimum absolute atomic E-state index is 0.0825. The number of nitrogens with zero attached hydrogens (tertiary/aromatic N) is 1.